The molecule has 0 aliphatic heterocycles. The Bertz CT molecular complexity index is 421. The average Bonchev–Trinajstić information content (AvgIpc) is 2.25. The summed E-state index contributed by atoms with van der Waals surface area (Å²) in [6.07, 6.45) is 18.8. The highest BCUT2D eigenvalue weighted by Crippen LogP contribution is 2.71. The van der Waals surface area contributed by atoms with Gasteiger partial charge in [-0.15, -0.1) is 0 Å². The molecule has 98 valence electrons. The lowest BCUT2D eigenvalue weighted by Crippen LogP contribution is -2.55. The van der Waals surface area contributed by atoms with Crippen LogP contribution >= 0.6 is 0 Å². The van der Waals surface area contributed by atoms with Gasteiger partial charge in [0.25, 0.3) is 0 Å². The van der Waals surface area contributed by atoms with E-state index in [0.29, 0.717) is 16.2 Å². The molecule has 2 unspecified atom stereocenters. The SMILES string of the molecule is CC12CC3CC(C)(C1)CC(C1=CC=CCC1)(C3)C2. The fourth-order valence-electron chi connectivity index (χ4n) is 6.85. The van der Waals surface area contributed by atoms with Crippen molar-refractivity contribution in [3.63, 3.8) is 0 Å². The molecule has 0 aromatic carbocycles. The summed E-state index contributed by atoms with van der Waals surface area (Å²) in [6, 6.07) is 0. The van der Waals surface area contributed by atoms with Crippen LogP contribution in [-0.4, -0.2) is 0 Å². The molecule has 0 nitrogen and oxygen atoms in total. The van der Waals surface area contributed by atoms with Crippen LogP contribution in [0.3, 0.4) is 0 Å². The maximum Gasteiger partial charge on any atom is -0.00719 e. The van der Waals surface area contributed by atoms with E-state index in [0.717, 1.165) is 5.92 Å². The van der Waals surface area contributed by atoms with Crippen LogP contribution < -0.4 is 0 Å². The van der Waals surface area contributed by atoms with Gasteiger partial charge >= 0.3 is 0 Å². The maximum absolute atomic E-state index is 2.59. The maximum atomic E-state index is 2.59. The molecule has 0 radical (unpaired) electrons. The summed E-state index contributed by atoms with van der Waals surface area (Å²) in [7, 11) is 0. The molecule has 0 aromatic heterocycles. The summed E-state index contributed by atoms with van der Waals surface area (Å²) >= 11 is 0. The minimum Gasteiger partial charge on any atom is -0.0842 e. The molecule has 2 atom stereocenters. The molecule has 0 heterocycles. The van der Waals surface area contributed by atoms with Crippen molar-refractivity contribution in [2.75, 3.05) is 0 Å². The molecule has 0 heteroatoms. The van der Waals surface area contributed by atoms with Crippen molar-refractivity contribution in [1.82, 2.24) is 0 Å². The molecule has 0 aromatic rings. The molecule has 5 aliphatic carbocycles. The number of rotatable bonds is 1. The summed E-state index contributed by atoms with van der Waals surface area (Å²) in [6.45, 7) is 5.17. The minimum atomic E-state index is 0.605. The van der Waals surface area contributed by atoms with Gasteiger partial charge in [-0.3, -0.25) is 0 Å². The zero-order valence-electron chi connectivity index (χ0n) is 12.0. The van der Waals surface area contributed by atoms with Crippen molar-refractivity contribution in [2.45, 2.75) is 65.2 Å². The van der Waals surface area contributed by atoms with E-state index in [1.807, 2.05) is 5.57 Å². The highest BCUT2D eigenvalue weighted by Gasteiger charge is 2.60. The van der Waals surface area contributed by atoms with Gasteiger partial charge in [0.2, 0.25) is 0 Å². The highest BCUT2D eigenvalue weighted by atomic mass is 14.6. The summed E-state index contributed by atoms with van der Waals surface area (Å²) in [4.78, 5) is 0. The quantitative estimate of drug-likeness (QED) is 0.588. The monoisotopic (exact) mass is 242 g/mol. The lowest BCUT2D eigenvalue weighted by atomic mass is 9.39. The van der Waals surface area contributed by atoms with Gasteiger partial charge in [0.15, 0.2) is 0 Å². The second kappa shape index (κ2) is 3.32. The van der Waals surface area contributed by atoms with Crippen molar-refractivity contribution < 1.29 is 0 Å². The van der Waals surface area contributed by atoms with Crippen molar-refractivity contribution in [2.24, 2.45) is 22.2 Å². The van der Waals surface area contributed by atoms with Gasteiger partial charge in [-0.2, -0.15) is 0 Å². The van der Waals surface area contributed by atoms with Crippen molar-refractivity contribution in [3.8, 4) is 0 Å². The summed E-state index contributed by atoms with van der Waals surface area (Å²) in [5, 5.41) is 0. The Labute approximate surface area is 112 Å². The van der Waals surface area contributed by atoms with Crippen LogP contribution in [0.4, 0.5) is 0 Å². The zero-order chi connectivity index (χ0) is 12.4. The Hall–Kier alpha value is -0.520. The third-order valence-electron chi connectivity index (χ3n) is 6.32. The van der Waals surface area contributed by atoms with Gasteiger partial charge < -0.3 is 0 Å². The third kappa shape index (κ3) is 1.50. The van der Waals surface area contributed by atoms with Gasteiger partial charge in [0, 0.05) is 0 Å². The predicted octanol–water partition coefficient (Wildman–Crippen LogP) is 5.26. The van der Waals surface area contributed by atoms with Gasteiger partial charge in [-0.25, -0.2) is 0 Å². The Morgan fingerprint density at radius 2 is 1.72 bits per heavy atom. The van der Waals surface area contributed by atoms with Crippen LogP contribution in [0.1, 0.15) is 65.2 Å². The summed E-state index contributed by atoms with van der Waals surface area (Å²) in [5.41, 5.74) is 3.74. The number of hydrogen-bond acceptors (Lipinski definition) is 0. The Morgan fingerprint density at radius 1 is 1.00 bits per heavy atom. The smallest absolute Gasteiger partial charge is 0.00719 e. The first-order valence-corrected chi connectivity index (χ1v) is 7.87. The second-order valence-electron chi connectivity index (χ2n) is 8.57. The molecule has 0 amide bonds. The van der Waals surface area contributed by atoms with E-state index in [-0.39, 0.29) is 0 Å². The van der Waals surface area contributed by atoms with Crippen LogP contribution in [0.15, 0.2) is 23.8 Å². The molecule has 4 bridgehead atoms. The van der Waals surface area contributed by atoms with E-state index in [1.54, 1.807) is 0 Å². The van der Waals surface area contributed by atoms with E-state index in [9.17, 15) is 0 Å². The van der Waals surface area contributed by atoms with Crippen molar-refractivity contribution in [1.29, 1.82) is 0 Å². The van der Waals surface area contributed by atoms with E-state index in [2.05, 4.69) is 32.1 Å². The first kappa shape index (κ1) is 11.3. The molecule has 4 fully saturated rings. The molecule has 4 saturated carbocycles. The molecular weight excluding hydrogens is 216 g/mol. The van der Waals surface area contributed by atoms with E-state index < -0.39 is 0 Å². The summed E-state index contributed by atoms with van der Waals surface area (Å²) in [5.74, 6) is 1.03. The highest BCUT2D eigenvalue weighted by molar-refractivity contribution is 5.29. The predicted molar refractivity (Wildman–Crippen MR) is 76.3 cm³/mol. The van der Waals surface area contributed by atoms with Crippen molar-refractivity contribution >= 4 is 0 Å². The number of hydrogen-bond donors (Lipinski definition) is 0. The number of allylic oxidation sites excluding steroid dienone is 4. The van der Waals surface area contributed by atoms with Gasteiger partial charge in [0.05, 0.1) is 0 Å². The van der Waals surface area contributed by atoms with Crippen LogP contribution in [0, 0.1) is 22.2 Å². The Morgan fingerprint density at radius 3 is 2.28 bits per heavy atom. The second-order valence-corrected chi connectivity index (χ2v) is 8.57. The van der Waals surface area contributed by atoms with Crippen molar-refractivity contribution in [3.05, 3.63) is 23.8 Å². The topological polar surface area (TPSA) is 0 Å². The van der Waals surface area contributed by atoms with Crippen LogP contribution in [0.5, 0.6) is 0 Å². The lowest BCUT2D eigenvalue weighted by Gasteiger charge is -2.66. The fourth-order valence-corrected chi connectivity index (χ4v) is 6.85. The molecular formula is C18H26. The minimum absolute atomic E-state index is 0.605. The largest absolute Gasteiger partial charge is 0.0842 e. The van der Waals surface area contributed by atoms with Crippen LogP contribution in [0.2, 0.25) is 0 Å². The fraction of sp³-hybridized carbons (Fsp3) is 0.778. The third-order valence-corrected chi connectivity index (χ3v) is 6.32. The normalized spacial score (nSPS) is 53.7. The molecule has 0 N–H and O–H groups in total. The van der Waals surface area contributed by atoms with Gasteiger partial charge in [-0.05, 0) is 73.5 Å². The van der Waals surface area contributed by atoms with E-state index in [1.165, 1.54) is 51.4 Å². The Balaban J connectivity index is 1.77. The molecule has 18 heavy (non-hydrogen) atoms. The van der Waals surface area contributed by atoms with Gasteiger partial charge in [-0.1, -0.05) is 37.6 Å². The lowest BCUT2D eigenvalue weighted by molar-refractivity contribution is -0.129. The molecule has 0 spiro atoms. The molecule has 0 saturated heterocycles. The van der Waals surface area contributed by atoms with Crippen LogP contribution in [-0.2, 0) is 0 Å². The molecule has 5 aliphatic rings. The molecule has 5 rings (SSSR count). The Kier molecular flexibility index (Phi) is 2.09. The van der Waals surface area contributed by atoms with Gasteiger partial charge in [0.1, 0.15) is 0 Å². The average molecular weight is 242 g/mol. The standard InChI is InChI=1S/C18H26/c1-16-8-14-9-17(2,11-16)13-18(10-14,12-16)15-6-4-3-5-7-15/h3-4,6,14H,5,7-13H2,1-2H3. The zero-order valence-corrected chi connectivity index (χ0v) is 12.0. The van der Waals surface area contributed by atoms with Crippen LogP contribution in [0.25, 0.3) is 0 Å². The first-order chi connectivity index (χ1) is 8.51. The van der Waals surface area contributed by atoms with E-state index in [4.69, 9.17) is 0 Å². The van der Waals surface area contributed by atoms with E-state index >= 15 is 0 Å². The first-order valence-electron chi connectivity index (χ1n) is 7.87. The summed E-state index contributed by atoms with van der Waals surface area (Å²) < 4.78 is 0.